The van der Waals surface area contributed by atoms with Gasteiger partial charge in [0.2, 0.25) is 5.72 Å². The highest BCUT2D eigenvalue weighted by molar-refractivity contribution is 6.30. The topological polar surface area (TPSA) is 35.8 Å². The fraction of sp³-hybridized carbons (Fsp3) is 0.133. The standard InChI is InChI=1S/C15H13ClN2O/c1-18-10-17-15(19,11-5-3-2-4-6-11)13-9-12(16)7-8-14(13)18/h2-10,19H,1H3/t15-/m1/s1. The smallest absolute Gasteiger partial charge is 0.212 e. The summed E-state index contributed by atoms with van der Waals surface area (Å²) in [6, 6.07) is 14.8. The molecule has 3 rings (SSSR count). The van der Waals surface area contributed by atoms with E-state index in [-0.39, 0.29) is 0 Å². The lowest BCUT2D eigenvalue weighted by Crippen LogP contribution is -2.34. The number of nitrogens with zero attached hydrogens (tertiary/aromatic N) is 2. The second kappa shape index (κ2) is 4.37. The van der Waals surface area contributed by atoms with Gasteiger partial charge in [0.15, 0.2) is 0 Å². The van der Waals surface area contributed by atoms with Crippen molar-refractivity contribution >= 4 is 23.6 Å². The van der Waals surface area contributed by atoms with Crippen LogP contribution in [0.15, 0.2) is 53.5 Å². The lowest BCUT2D eigenvalue weighted by Gasteiger charge is -2.33. The van der Waals surface area contributed by atoms with E-state index in [1.54, 1.807) is 12.4 Å². The molecule has 19 heavy (non-hydrogen) atoms. The predicted octanol–water partition coefficient (Wildman–Crippen LogP) is 3.01. The second-order valence-corrected chi connectivity index (χ2v) is 4.99. The summed E-state index contributed by atoms with van der Waals surface area (Å²) in [5.41, 5.74) is 0.929. The monoisotopic (exact) mass is 272 g/mol. The van der Waals surface area contributed by atoms with E-state index >= 15 is 0 Å². The number of hydrogen-bond donors (Lipinski definition) is 1. The van der Waals surface area contributed by atoms with Crippen molar-refractivity contribution < 1.29 is 5.11 Å². The third-order valence-corrected chi connectivity index (χ3v) is 3.54. The Morgan fingerprint density at radius 3 is 2.63 bits per heavy atom. The lowest BCUT2D eigenvalue weighted by molar-refractivity contribution is 0.0908. The first kappa shape index (κ1) is 12.2. The molecule has 1 aliphatic rings. The summed E-state index contributed by atoms with van der Waals surface area (Å²) in [7, 11) is 1.89. The van der Waals surface area contributed by atoms with Gasteiger partial charge in [-0.2, -0.15) is 0 Å². The number of aliphatic hydroxyl groups is 1. The van der Waals surface area contributed by atoms with Crippen molar-refractivity contribution in [1.82, 2.24) is 0 Å². The average molecular weight is 273 g/mol. The molecule has 0 amide bonds. The summed E-state index contributed by atoms with van der Waals surface area (Å²) < 4.78 is 0. The molecule has 0 spiro atoms. The second-order valence-electron chi connectivity index (χ2n) is 4.56. The zero-order valence-corrected chi connectivity index (χ0v) is 11.2. The van der Waals surface area contributed by atoms with E-state index in [0.717, 1.165) is 11.3 Å². The zero-order chi connectivity index (χ0) is 13.5. The number of hydrogen-bond acceptors (Lipinski definition) is 3. The molecule has 3 nitrogen and oxygen atoms in total. The Bertz CT molecular complexity index is 642. The fourth-order valence-electron chi connectivity index (χ4n) is 2.30. The summed E-state index contributed by atoms with van der Waals surface area (Å²) >= 11 is 6.06. The van der Waals surface area contributed by atoms with E-state index in [0.29, 0.717) is 10.6 Å². The van der Waals surface area contributed by atoms with Crippen LogP contribution in [-0.2, 0) is 5.72 Å². The highest BCUT2D eigenvalue weighted by Crippen LogP contribution is 2.40. The first-order valence-electron chi connectivity index (χ1n) is 5.97. The van der Waals surface area contributed by atoms with Crippen LogP contribution in [0.1, 0.15) is 11.1 Å². The number of benzene rings is 2. The van der Waals surface area contributed by atoms with Crippen LogP contribution in [0, 0.1) is 0 Å². The summed E-state index contributed by atoms with van der Waals surface area (Å²) in [6.07, 6.45) is 1.63. The van der Waals surface area contributed by atoms with Gasteiger partial charge in [-0.3, -0.25) is 0 Å². The van der Waals surface area contributed by atoms with Crippen LogP contribution in [-0.4, -0.2) is 18.5 Å². The SMILES string of the molecule is CN1C=N[C@@](O)(c2ccccc2)c2cc(Cl)ccc21. The van der Waals surface area contributed by atoms with E-state index in [1.807, 2.05) is 54.4 Å². The number of halogens is 1. The first-order valence-corrected chi connectivity index (χ1v) is 6.35. The van der Waals surface area contributed by atoms with E-state index in [9.17, 15) is 5.11 Å². The van der Waals surface area contributed by atoms with Crippen LogP contribution in [0.4, 0.5) is 5.69 Å². The molecular weight excluding hydrogens is 260 g/mol. The number of rotatable bonds is 1. The third kappa shape index (κ3) is 1.91. The van der Waals surface area contributed by atoms with Crippen LogP contribution in [0.2, 0.25) is 5.02 Å². The van der Waals surface area contributed by atoms with Gasteiger partial charge in [-0.1, -0.05) is 41.9 Å². The van der Waals surface area contributed by atoms with Gasteiger partial charge in [0.1, 0.15) is 0 Å². The van der Waals surface area contributed by atoms with Gasteiger partial charge in [-0.25, -0.2) is 4.99 Å². The van der Waals surface area contributed by atoms with Crippen molar-refractivity contribution in [3.63, 3.8) is 0 Å². The van der Waals surface area contributed by atoms with Crippen LogP contribution in [0.3, 0.4) is 0 Å². The summed E-state index contributed by atoms with van der Waals surface area (Å²) in [5.74, 6) is 0. The summed E-state index contributed by atoms with van der Waals surface area (Å²) in [6.45, 7) is 0. The molecular formula is C15H13ClN2O. The van der Waals surface area contributed by atoms with Gasteiger partial charge < -0.3 is 10.0 Å². The molecule has 2 aromatic carbocycles. The molecule has 1 N–H and O–H groups in total. The van der Waals surface area contributed by atoms with Crippen molar-refractivity contribution in [2.45, 2.75) is 5.72 Å². The molecule has 0 aromatic heterocycles. The maximum Gasteiger partial charge on any atom is 0.212 e. The Labute approximate surface area is 116 Å². The molecule has 0 saturated carbocycles. The number of aliphatic imine (C=N–C) groups is 1. The van der Waals surface area contributed by atoms with E-state index < -0.39 is 5.72 Å². The van der Waals surface area contributed by atoms with Gasteiger partial charge in [0.25, 0.3) is 0 Å². The minimum absolute atomic E-state index is 0.582. The molecule has 0 aliphatic carbocycles. The van der Waals surface area contributed by atoms with Gasteiger partial charge >= 0.3 is 0 Å². The quantitative estimate of drug-likeness (QED) is 0.866. The minimum Gasteiger partial charge on any atom is -0.362 e. The third-order valence-electron chi connectivity index (χ3n) is 3.31. The van der Waals surface area contributed by atoms with Crippen LogP contribution in [0.5, 0.6) is 0 Å². The number of fused-ring (bicyclic) bond motifs is 1. The molecule has 4 heteroatoms. The Morgan fingerprint density at radius 1 is 1.16 bits per heavy atom. The first-order chi connectivity index (χ1) is 9.11. The van der Waals surface area contributed by atoms with E-state index in [1.165, 1.54) is 0 Å². The van der Waals surface area contributed by atoms with Crippen LogP contribution < -0.4 is 4.90 Å². The Hall–Kier alpha value is -1.84. The molecule has 0 radical (unpaired) electrons. The van der Waals surface area contributed by atoms with Gasteiger partial charge in [0, 0.05) is 23.2 Å². The van der Waals surface area contributed by atoms with Crippen molar-refractivity contribution in [1.29, 1.82) is 0 Å². The van der Waals surface area contributed by atoms with Crippen LogP contribution >= 0.6 is 11.6 Å². The molecule has 0 unspecified atom stereocenters. The largest absolute Gasteiger partial charge is 0.362 e. The molecule has 2 aromatic rings. The van der Waals surface area contributed by atoms with Crippen molar-refractivity contribution in [3.05, 3.63) is 64.7 Å². The zero-order valence-electron chi connectivity index (χ0n) is 10.4. The van der Waals surface area contributed by atoms with Gasteiger partial charge in [-0.05, 0) is 18.2 Å². The normalized spacial score (nSPS) is 21.3. The molecule has 0 saturated heterocycles. The molecule has 96 valence electrons. The summed E-state index contributed by atoms with van der Waals surface area (Å²) in [5, 5.41) is 11.5. The average Bonchev–Trinajstić information content (AvgIpc) is 2.44. The van der Waals surface area contributed by atoms with E-state index in [4.69, 9.17) is 11.6 Å². The molecule has 1 aliphatic heterocycles. The number of anilines is 1. The molecule has 0 fully saturated rings. The Kier molecular flexibility index (Phi) is 2.81. The lowest BCUT2D eigenvalue weighted by atomic mass is 9.92. The minimum atomic E-state index is -1.38. The fourth-order valence-corrected chi connectivity index (χ4v) is 2.47. The maximum absolute atomic E-state index is 11.0. The van der Waals surface area contributed by atoms with Crippen molar-refractivity contribution in [2.75, 3.05) is 11.9 Å². The van der Waals surface area contributed by atoms with Gasteiger partial charge in [-0.15, -0.1) is 0 Å². The highest BCUT2D eigenvalue weighted by Gasteiger charge is 2.36. The maximum atomic E-state index is 11.0. The highest BCUT2D eigenvalue weighted by atomic mass is 35.5. The van der Waals surface area contributed by atoms with E-state index in [2.05, 4.69) is 4.99 Å². The Balaban J connectivity index is 2.24. The van der Waals surface area contributed by atoms with Gasteiger partial charge in [0.05, 0.1) is 12.0 Å². The molecule has 1 atom stereocenters. The van der Waals surface area contributed by atoms with Crippen molar-refractivity contribution in [3.8, 4) is 0 Å². The molecule has 1 heterocycles. The van der Waals surface area contributed by atoms with Crippen molar-refractivity contribution in [2.24, 2.45) is 4.99 Å². The summed E-state index contributed by atoms with van der Waals surface area (Å²) in [4.78, 5) is 6.16. The predicted molar refractivity (Wildman–Crippen MR) is 77.8 cm³/mol. The van der Waals surface area contributed by atoms with Crippen LogP contribution in [0.25, 0.3) is 0 Å². The molecule has 0 bridgehead atoms. The Morgan fingerprint density at radius 2 is 1.89 bits per heavy atom.